The second-order valence-electron chi connectivity index (χ2n) is 7.45. The zero-order valence-electron chi connectivity index (χ0n) is 15.4. The average molecular weight is 371 g/mol. The van der Waals surface area contributed by atoms with Crippen LogP contribution in [-0.4, -0.2) is 45.2 Å². The number of quaternary nitrogens is 2. The number of benzene rings is 2. The third kappa shape index (κ3) is 4.64. The first kappa shape index (κ1) is 17.9. The lowest BCUT2D eigenvalue weighted by atomic mass is 10.1. The molecule has 3 N–H and O–H groups in total. The van der Waals surface area contributed by atoms with Crippen molar-refractivity contribution in [2.75, 3.05) is 44.6 Å². The van der Waals surface area contributed by atoms with Gasteiger partial charge in [0.1, 0.15) is 44.3 Å². The molecule has 1 saturated heterocycles. The van der Waals surface area contributed by atoms with Crippen molar-refractivity contribution in [1.29, 1.82) is 0 Å². The van der Waals surface area contributed by atoms with E-state index >= 15 is 0 Å². The summed E-state index contributed by atoms with van der Waals surface area (Å²) in [6, 6.07) is 12.6. The van der Waals surface area contributed by atoms with Crippen molar-refractivity contribution >= 4 is 11.6 Å². The molecule has 2 aromatic carbocycles. The summed E-state index contributed by atoms with van der Waals surface area (Å²) < 4.78 is 18.8. The van der Waals surface area contributed by atoms with Crippen molar-refractivity contribution in [2.24, 2.45) is 0 Å². The minimum absolute atomic E-state index is 0.0577. The fourth-order valence-electron chi connectivity index (χ4n) is 3.95. The molecule has 2 aromatic rings. The van der Waals surface area contributed by atoms with Gasteiger partial charge in [-0.15, -0.1) is 0 Å². The molecule has 2 heterocycles. The van der Waals surface area contributed by atoms with Crippen molar-refractivity contribution in [3.8, 4) is 5.75 Å². The zero-order valence-corrected chi connectivity index (χ0v) is 15.4. The fourth-order valence-corrected chi connectivity index (χ4v) is 3.95. The van der Waals surface area contributed by atoms with Crippen molar-refractivity contribution in [2.45, 2.75) is 13.0 Å². The van der Waals surface area contributed by atoms with E-state index in [0.29, 0.717) is 12.2 Å². The first-order valence-electron chi connectivity index (χ1n) is 9.63. The maximum atomic E-state index is 13.2. The quantitative estimate of drug-likeness (QED) is 0.675. The van der Waals surface area contributed by atoms with Crippen LogP contribution in [0.15, 0.2) is 42.5 Å². The molecule has 27 heavy (non-hydrogen) atoms. The molecule has 0 aromatic heterocycles. The van der Waals surface area contributed by atoms with E-state index in [0.717, 1.165) is 51.5 Å². The van der Waals surface area contributed by atoms with Crippen molar-refractivity contribution in [3.05, 3.63) is 59.4 Å². The first-order chi connectivity index (χ1) is 13.2. The number of anilines is 1. The van der Waals surface area contributed by atoms with E-state index in [4.69, 9.17) is 4.74 Å². The van der Waals surface area contributed by atoms with Crippen LogP contribution in [0.2, 0.25) is 0 Å². The lowest BCUT2D eigenvalue weighted by Crippen LogP contribution is -3.28. The summed E-state index contributed by atoms with van der Waals surface area (Å²) in [5.41, 5.74) is 3.20. The van der Waals surface area contributed by atoms with Crippen LogP contribution in [0.25, 0.3) is 0 Å². The SMILES string of the molecule is O=C(C[NH+]1CC[NH+](Cc2ccc3c(c2)CCO3)CC1)Nc1cccc(F)c1. The van der Waals surface area contributed by atoms with Gasteiger partial charge in [0.2, 0.25) is 0 Å². The molecule has 2 aliphatic rings. The molecule has 0 aliphatic carbocycles. The number of amides is 1. The van der Waals surface area contributed by atoms with E-state index in [-0.39, 0.29) is 11.7 Å². The van der Waals surface area contributed by atoms with Crippen LogP contribution >= 0.6 is 0 Å². The van der Waals surface area contributed by atoms with E-state index in [1.165, 1.54) is 28.2 Å². The molecule has 0 radical (unpaired) electrons. The topological polar surface area (TPSA) is 47.2 Å². The first-order valence-corrected chi connectivity index (χ1v) is 9.63. The molecule has 6 heteroatoms. The molecule has 0 unspecified atom stereocenters. The molecule has 0 spiro atoms. The zero-order chi connectivity index (χ0) is 18.6. The Bertz CT molecular complexity index is 819. The molecule has 4 rings (SSSR count). The highest BCUT2D eigenvalue weighted by molar-refractivity contribution is 5.91. The Labute approximate surface area is 158 Å². The minimum atomic E-state index is -0.338. The number of carbonyl (C=O) groups excluding carboxylic acids is 1. The predicted octanol–water partition coefficient (Wildman–Crippen LogP) is -0.317. The minimum Gasteiger partial charge on any atom is -0.493 e. The molecule has 5 nitrogen and oxygen atoms in total. The van der Waals surface area contributed by atoms with Gasteiger partial charge in [-0.3, -0.25) is 4.79 Å². The van der Waals surface area contributed by atoms with Gasteiger partial charge in [-0.05, 0) is 42.0 Å². The summed E-state index contributed by atoms with van der Waals surface area (Å²) in [6.07, 6.45) is 1.01. The number of fused-ring (bicyclic) bond motifs is 1. The van der Waals surface area contributed by atoms with Gasteiger partial charge in [0.15, 0.2) is 6.54 Å². The van der Waals surface area contributed by atoms with E-state index in [2.05, 4.69) is 23.5 Å². The van der Waals surface area contributed by atoms with Crippen LogP contribution in [0.5, 0.6) is 5.75 Å². The van der Waals surface area contributed by atoms with E-state index in [1.54, 1.807) is 17.0 Å². The van der Waals surface area contributed by atoms with Gasteiger partial charge in [-0.1, -0.05) is 6.07 Å². The van der Waals surface area contributed by atoms with Gasteiger partial charge in [0, 0.05) is 17.7 Å². The Morgan fingerprint density at radius 3 is 2.70 bits per heavy atom. The number of rotatable bonds is 5. The third-order valence-electron chi connectivity index (χ3n) is 5.39. The molecule has 2 aliphatic heterocycles. The molecule has 1 fully saturated rings. The lowest BCUT2D eigenvalue weighted by Gasteiger charge is -2.29. The van der Waals surface area contributed by atoms with Crippen LogP contribution < -0.4 is 19.9 Å². The number of nitrogens with one attached hydrogen (secondary N) is 3. The summed E-state index contributed by atoms with van der Waals surface area (Å²) >= 11 is 0. The van der Waals surface area contributed by atoms with Gasteiger partial charge >= 0.3 is 0 Å². The second-order valence-corrected chi connectivity index (χ2v) is 7.45. The molecule has 0 bridgehead atoms. The summed E-state index contributed by atoms with van der Waals surface area (Å²) in [6.45, 7) is 6.30. The van der Waals surface area contributed by atoms with Crippen LogP contribution in [0.3, 0.4) is 0 Å². The fraction of sp³-hybridized carbons (Fsp3) is 0.381. The Hall–Kier alpha value is -2.44. The van der Waals surface area contributed by atoms with Gasteiger partial charge < -0.3 is 19.9 Å². The average Bonchev–Trinajstić information content (AvgIpc) is 3.11. The number of ether oxygens (including phenoxy) is 1. The van der Waals surface area contributed by atoms with Crippen LogP contribution in [0, 0.1) is 5.82 Å². The second kappa shape index (κ2) is 8.06. The van der Waals surface area contributed by atoms with Gasteiger partial charge in [-0.25, -0.2) is 4.39 Å². The van der Waals surface area contributed by atoms with Gasteiger partial charge in [0.25, 0.3) is 5.91 Å². The number of piperazine rings is 1. The maximum absolute atomic E-state index is 13.2. The van der Waals surface area contributed by atoms with Gasteiger partial charge in [0.05, 0.1) is 6.61 Å². The van der Waals surface area contributed by atoms with Crippen molar-refractivity contribution in [3.63, 3.8) is 0 Å². The number of halogens is 1. The van der Waals surface area contributed by atoms with Crippen molar-refractivity contribution in [1.82, 2.24) is 0 Å². The van der Waals surface area contributed by atoms with Crippen molar-refractivity contribution < 1.29 is 23.7 Å². The van der Waals surface area contributed by atoms with Gasteiger partial charge in [-0.2, -0.15) is 0 Å². The highest BCUT2D eigenvalue weighted by atomic mass is 19.1. The van der Waals surface area contributed by atoms with Crippen LogP contribution in [0.4, 0.5) is 10.1 Å². The van der Waals surface area contributed by atoms with E-state index in [9.17, 15) is 9.18 Å². The normalized spacial score (nSPS) is 21.4. The number of hydrogen-bond acceptors (Lipinski definition) is 2. The largest absolute Gasteiger partial charge is 0.493 e. The Morgan fingerprint density at radius 2 is 1.89 bits per heavy atom. The molecular weight excluding hydrogens is 345 g/mol. The Morgan fingerprint density at radius 1 is 1.07 bits per heavy atom. The molecular formula is C21H26FN3O2+2. The lowest BCUT2D eigenvalue weighted by molar-refractivity contribution is -1.02. The Kier molecular flexibility index (Phi) is 5.36. The molecule has 0 atom stereocenters. The predicted molar refractivity (Wildman–Crippen MR) is 101 cm³/mol. The number of carbonyl (C=O) groups is 1. The summed E-state index contributed by atoms with van der Waals surface area (Å²) in [5.74, 6) is 0.639. The van der Waals surface area contributed by atoms with E-state index < -0.39 is 0 Å². The summed E-state index contributed by atoms with van der Waals surface area (Å²) in [4.78, 5) is 15.0. The van der Waals surface area contributed by atoms with Crippen LogP contribution in [0.1, 0.15) is 11.1 Å². The monoisotopic (exact) mass is 371 g/mol. The molecule has 142 valence electrons. The van der Waals surface area contributed by atoms with Crippen LogP contribution in [-0.2, 0) is 17.8 Å². The highest BCUT2D eigenvalue weighted by Crippen LogP contribution is 2.25. The standard InChI is InChI=1S/C21H24FN3O2/c22-18-2-1-3-19(13-18)23-21(26)15-25-9-7-24(8-10-25)14-16-4-5-20-17(12-16)6-11-27-20/h1-5,12-13H,6-11,14-15H2,(H,23,26)/p+2. The van der Waals surface area contributed by atoms with E-state index in [1.807, 2.05) is 0 Å². The summed E-state index contributed by atoms with van der Waals surface area (Å²) in [7, 11) is 0. The highest BCUT2D eigenvalue weighted by Gasteiger charge is 2.25. The number of hydrogen-bond donors (Lipinski definition) is 3. The maximum Gasteiger partial charge on any atom is 0.279 e. The molecule has 0 saturated carbocycles. The summed E-state index contributed by atoms with van der Waals surface area (Å²) in [5, 5.41) is 2.79. The Balaban J connectivity index is 1.23. The third-order valence-corrected chi connectivity index (χ3v) is 5.39. The molecule has 1 amide bonds. The smallest absolute Gasteiger partial charge is 0.279 e.